The average molecular weight is 344 g/mol. The Morgan fingerprint density at radius 3 is 2.79 bits per heavy atom. The van der Waals surface area contributed by atoms with Crippen molar-refractivity contribution in [1.29, 1.82) is 0 Å². The summed E-state index contributed by atoms with van der Waals surface area (Å²) in [5.41, 5.74) is 1.89. The molecule has 0 aliphatic heterocycles. The maximum atomic E-state index is 12.0. The van der Waals surface area contributed by atoms with Crippen molar-refractivity contribution in [1.82, 2.24) is 15.2 Å². The fourth-order valence-electron chi connectivity index (χ4n) is 1.98. The van der Waals surface area contributed by atoms with E-state index < -0.39 is 10.9 Å². The van der Waals surface area contributed by atoms with Crippen molar-refractivity contribution in [3.8, 4) is 10.6 Å². The Balaban J connectivity index is 1.61. The van der Waals surface area contributed by atoms with Crippen molar-refractivity contribution < 1.29 is 14.5 Å². The van der Waals surface area contributed by atoms with Crippen LogP contribution in [0, 0.1) is 10.1 Å². The van der Waals surface area contributed by atoms with Gasteiger partial charge in [0.1, 0.15) is 5.01 Å². The van der Waals surface area contributed by atoms with Crippen LogP contribution in [0.2, 0.25) is 0 Å². The Labute approximate surface area is 140 Å². The van der Waals surface area contributed by atoms with Crippen LogP contribution >= 0.6 is 11.3 Å². The highest BCUT2D eigenvalue weighted by atomic mass is 32.1. The number of rotatable bonds is 6. The zero-order chi connectivity index (χ0) is 16.9. The van der Waals surface area contributed by atoms with Crippen LogP contribution in [0.1, 0.15) is 16.1 Å². The predicted molar refractivity (Wildman–Crippen MR) is 86.8 cm³/mol. The Hall–Kier alpha value is -3.07. The molecule has 2 heterocycles. The second kappa shape index (κ2) is 7.01. The van der Waals surface area contributed by atoms with Crippen LogP contribution in [0.4, 0.5) is 5.69 Å². The molecule has 3 rings (SSSR count). The van der Waals surface area contributed by atoms with E-state index in [1.165, 1.54) is 23.5 Å². The molecule has 0 spiro atoms. The number of non-ortho nitro benzene ring substituents is 1. The molecule has 0 fully saturated rings. The summed E-state index contributed by atoms with van der Waals surface area (Å²) < 4.78 is 5.18. The molecule has 0 aliphatic carbocycles. The minimum absolute atomic E-state index is 0.00851. The first-order chi connectivity index (χ1) is 11.6. The number of nitro groups is 1. The SMILES string of the molecule is O=C(OCCc1cn[nH]c1)c1csc(-c2ccc([N+](=O)[O-])cc2)n1. The lowest BCUT2D eigenvalue weighted by Gasteiger charge is -2.01. The molecule has 0 bridgehead atoms. The number of H-pyrrole nitrogens is 1. The van der Waals surface area contributed by atoms with Crippen LogP contribution in [0.5, 0.6) is 0 Å². The lowest BCUT2D eigenvalue weighted by atomic mass is 10.2. The van der Waals surface area contributed by atoms with Crippen molar-refractivity contribution in [3.05, 3.63) is 63.4 Å². The minimum atomic E-state index is -0.497. The molecule has 0 radical (unpaired) electrons. The number of aromatic amines is 1. The van der Waals surface area contributed by atoms with E-state index >= 15 is 0 Å². The van der Waals surface area contributed by atoms with Gasteiger partial charge < -0.3 is 4.74 Å². The van der Waals surface area contributed by atoms with E-state index in [2.05, 4.69) is 15.2 Å². The van der Waals surface area contributed by atoms with Gasteiger partial charge in [-0.25, -0.2) is 9.78 Å². The lowest BCUT2D eigenvalue weighted by Crippen LogP contribution is -2.08. The fourth-order valence-corrected chi connectivity index (χ4v) is 2.77. The molecule has 8 nitrogen and oxygen atoms in total. The van der Waals surface area contributed by atoms with E-state index in [9.17, 15) is 14.9 Å². The van der Waals surface area contributed by atoms with Crippen LogP contribution in [0.25, 0.3) is 10.6 Å². The average Bonchev–Trinajstić information content (AvgIpc) is 3.26. The van der Waals surface area contributed by atoms with E-state index in [1.807, 2.05) is 0 Å². The topological polar surface area (TPSA) is 111 Å². The summed E-state index contributed by atoms with van der Waals surface area (Å²) in [5.74, 6) is -0.497. The first kappa shape index (κ1) is 15.8. The van der Waals surface area contributed by atoms with Gasteiger partial charge in [0, 0.05) is 35.7 Å². The van der Waals surface area contributed by atoms with Gasteiger partial charge in [0.05, 0.1) is 17.7 Å². The van der Waals surface area contributed by atoms with E-state index in [-0.39, 0.29) is 18.0 Å². The van der Waals surface area contributed by atoms with E-state index in [0.29, 0.717) is 17.0 Å². The number of hydrogen-bond acceptors (Lipinski definition) is 7. The van der Waals surface area contributed by atoms with E-state index in [1.54, 1.807) is 29.9 Å². The predicted octanol–water partition coefficient (Wildman–Crippen LogP) is 2.84. The Bertz CT molecular complexity index is 843. The van der Waals surface area contributed by atoms with Crippen LogP contribution in [-0.4, -0.2) is 32.7 Å². The summed E-state index contributed by atoms with van der Waals surface area (Å²) in [6, 6.07) is 6.01. The highest BCUT2D eigenvalue weighted by Gasteiger charge is 2.14. The first-order valence-corrected chi connectivity index (χ1v) is 7.86. The Morgan fingerprint density at radius 1 is 1.33 bits per heavy atom. The zero-order valence-electron chi connectivity index (χ0n) is 12.3. The number of ether oxygens (including phenoxy) is 1. The van der Waals surface area contributed by atoms with Crippen molar-refractivity contribution in [2.45, 2.75) is 6.42 Å². The fraction of sp³-hybridized carbons (Fsp3) is 0.133. The largest absolute Gasteiger partial charge is 0.461 e. The van der Waals surface area contributed by atoms with E-state index in [4.69, 9.17) is 4.74 Å². The van der Waals surface area contributed by atoms with Gasteiger partial charge in [0.15, 0.2) is 5.69 Å². The van der Waals surface area contributed by atoms with Crippen molar-refractivity contribution >= 4 is 23.0 Å². The highest BCUT2D eigenvalue weighted by molar-refractivity contribution is 7.13. The molecule has 0 saturated heterocycles. The zero-order valence-corrected chi connectivity index (χ0v) is 13.2. The van der Waals surface area contributed by atoms with Crippen LogP contribution in [0.3, 0.4) is 0 Å². The number of carbonyl (C=O) groups is 1. The van der Waals surface area contributed by atoms with Gasteiger partial charge in [0.2, 0.25) is 0 Å². The molecule has 9 heteroatoms. The van der Waals surface area contributed by atoms with Crippen LogP contribution in [0.15, 0.2) is 42.0 Å². The summed E-state index contributed by atoms with van der Waals surface area (Å²) >= 11 is 1.28. The summed E-state index contributed by atoms with van der Waals surface area (Å²) in [6.07, 6.45) is 3.98. The van der Waals surface area contributed by atoms with Crippen molar-refractivity contribution in [3.63, 3.8) is 0 Å². The number of aromatic nitrogens is 3. The number of esters is 1. The standard InChI is InChI=1S/C15H12N4O4S/c20-15(23-6-5-10-7-16-17-8-10)13-9-24-14(18-13)11-1-3-12(4-2-11)19(21)22/h1-4,7-9H,5-6H2,(H,16,17). The summed E-state index contributed by atoms with van der Waals surface area (Å²) in [4.78, 5) is 26.4. The van der Waals surface area contributed by atoms with Gasteiger partial charge in [-0.2, -0.15) is 5.10 Å². The lowest BCUT2D eigenvalue weighted by molar-refractivity contribution is -0.384. The number of nitro benzene ring substituents is 1. The highest BCUT2D eigenvalue weighted by Crippen LogP contribution is 2.26. The van der Waals surface area contributed by atoms with E-state index in [0.717, 1.165) is 5.56 Å². The molecule has 0 aliphatic rings. The normalized spacial score (nSPS) is 10.5. The minimum Gasteiger partial charge on any atom is -0.461 e. The molecule has 1 N–H and O–H groups in total. The third-order valence-corrected chi connectivity index (χ3v) is 4.11. The van der Waals surface area contributed by atoms with Crippen LogP contribution < -0.4 is 0 Å². The van der Waals surface area contributed by atoms with Crippen molar-refractivity contribution in [2.24, 2.45) is 0 Å². The number of hydrogen-bond donors (Lipinski definition) is 1. The smallest absolute Gasteiger partial charge is 0.357 e. The summed E-state index contributed by atoms with van der Waals surface area (Å²) in [6.45, 7) is 0.239. The van der Waals surface area contributed by atoms with Crippen LogP contribution in [-0.2, 0) is 11.2 Å². The third kappa shape index (κ3) is 3.63. The molecule has 122 valence electrons. The molecular formula is C15H12N4O4S. The van der Waals surface area contributed by atoms with Crippen molar-refractivity contribution in [2.75, 3.05) is 6.61 Å². The second-order valence-corrected chi connectivity index (χ2v) is 5.69. The molecule has 3 aromatic rings. The van der Waals surface area contributed by atoms with Gasteiger partial charge in [-0.1, -0.05) is 0 Å². The number of carbonyl (C=O) groups excluding carboxylic acids is 1. The molecule has 0 atom stereocenters. The monoisotopic (exact) mass is 344 g/mol. The maximum Gasteiger partial charge on any atom is 0.357 e. The Morgan fingerprint density at radius 2 is 2.12 bits per heavy atom. The first-order valence-electron chi connectivity index (χ1n) is 6.98. The van der Waals surface area contributed by atoms with Gasteiger partial charge in [-0.05, 0) is 17.7 Å². The number of nitrogens with zero attached hydrogens (tertiary/aromatic N) is 3. The molecule has 0 saturated carbocycles. The second-order valence-electron chi connectivity index (χ2n) is 4.83. The number of thiazole rings is 1. The number of nitrogens with one attached hydrogen (secondary N) is 1. The third-order valence-electron chi connectivity index (χ3n) is 3.22. The summed E-state index contributed by atoms with van der Waals surface area (Å²) in [5, 5.41) is 19.4. The Kier molecular flexibility index (Phi) is 4.62. The quantitative estimate of drug-likeness (QED) is 0.418. The molecule has 0 unspecified atom stereocenters. The number of benzene rings is 1. The van der Waals surface area contributed by atoms with Gasteiger partial charge >= 0.3 is 5.97 Å². The van der Waals surface area contributed by atoms with Gasteiger partial charge in [-0.3, -0.25) is 15.2 Å². The molecule has 24 heavy (non-hydrogen) atoms. The molecule has 2 aromatic heterocycles. The van der Waals surface area contributed by atoms with Gasteiger partial charge in [0.25, 0.3) is 5.69 Å². The van der Waals surface area contributed by atoms with Gasteiger partial charge in [-0.15, -0.1) is 11.3 Å². The maximum absolute atomic E-state index is 12.0. The molecule has 0 amide bonds. The molecular weight excluding hydrogens is 332 g/mol. The molecule has 1 aromatic carbocycles. The summed E-state index contributed by atoms with van der Waals surface area (Å²) in [7, 11) is 0.